The molecule has 2 aliphatic heterocycles. The average Bonchev–Trinajstić information content (AvgIpc) is 2.67. The molecule has 0 aromatic heterocycles. The summed E-state index contributed by atoms with van der Waals surface area (Å²) < 4.78 is 0. The van der Waals surface area contributed by atoms with Gasteiger partial charge >= 0.3 is 0 Å². The third-order valence-electron chi connectivity index (χ3n) is 5.43. The molecule has 4 rings (SSSR count). The first kappa shape index (κ1) is 21.5. The molecule has 1 N–H and O–H groups in total. The molecule has 0 aliphatic carbocycles. The minimum absolute atomic E-state index is 0. The number of anilines is 1. The third kappa shape index (κ3) is 4.57. The van der Waals surface area contributed by atoms with Crippen LogP contribution in [0.15, 0.2) is 48.5 Å². The summed E-state index contributed by atoms with van der Waals surface area (Å²) in [5.41, 5.74) is 5.21. The van der Waals surface area contributed by atoms with Crippen LogP contribution in [0.1, 0.15) is 16.7 Å². The predicted octanol–water partition coefficient (Wildman–Crippen LogP) is 3.20. The number of amides is 1. The molecule has 1 fully saturated rings. The Kier molecular flexibility index (Phi) is 7.54. The summed E-state index contributed by atoms with van der Waals surface area (Å²) in [6, 6.07) is 16.8. The van der Waals surface area contributed by atoms with E-state index in [1.807, 2.05) is 4.90 Å². The Morgan fingerprint density at radius 3 is 2.26 bits per heavy atom. The maximum atomic E-state index is 12.9. The average molecular weight is 408 g/mol. The maximum absolute atomic E-state index is 12.9. The lowest BCUT2D eigenvalue weighted by molar-refractivity contribution is -0.133. The van der Waals surface area contributed by atoms with Crippen molar-refractivity contribution in [3.05, 3.63) is 65.2 Å². The molecule has 0 spiro atoms. The molecule has 1 saturated heterocycles. The quantitative estimate of drug-likeness (QED) is 0.829. The van der Waals surface area contributed by atoms with Crippen molar-refractivity contribution >= 4 is 36.4 Å². The zero-order valence-corrected chi connectivity index (χ0v) is 17.2. The number of fused-ring (bicyclic) bond motifs is 1. The first-order valence-electron chi connectivity index (χ1n) is 9.12. The molecule has 1 amide bonds. The highest BCUT2D eigenvalue weighted by molar-refractivity contribution is 5.85. The number of benzene rings is 2. The number of hydrogen-bond acceptors (Lipinski definition) is 3. The minimum Gasteiger partial charge on any atom is -0.368 e. The molecule has 0 radical (unpaired) electrons. The Labute approximate surface area is 173 Å². The van der Waals surface area contributed by atoms with Crippen molar-refractivity contribution in [2.24, 2.45) is 0 Å². The molecular weight excluding hydrogens is 381 g/mol. The minimum atomic E-state index is -0.0834. The van der Waals surface area contributed by atoms with E-state index < -0.39 is 0 Å². The number of carbonyl (C=O) groups is 1. The van der Waals surface area contributed by atoms with E-state index in [-0.39, 0.29) is 36.8 Å². The lowest BCUT2D eigenvalue weighted by Gasteiger charge is -2.39. The van der Waals surface area contributed by atoms with Gasteiger partial charge in [0.15, 0.2) is 0 Å². The summed E-state index contributed by atoms with van der Waals surface area (Å²) in [5, 5.41) is 3.42. The van der Waals surface area contributed by atoms with Gasteiger partial charge in [-0.05, 0) is 36.1 Å². The van der Waals surface area contributed by atoms with Crippen LogP contribution in [0.25, 0.3) is 0 Å². The van der Waals surface area contributed by atoms with E-state index >= 15 is 0 Å². The zero-order chi connectivity index (χ0) is 17.2. The van der Waals surface area contributed by atoms with Gasteiger partial charge in [0.2, 0.25) is 5.91 Å². The van der Waals surface area contributed by atoms with Gasteiger partial charge in [0.25, 0.3) is 0 Å². The number of carbonyl (C=O) groups excluding carboxylic acids is 1. The van der Waals surface area contributed by atoms with E-state index in [1.54, 1.807) is 0 Å². The summed E-state index contributed by atoms with van der Waals surface area (Å²) in [7, 11) is 0. The number of hydrogen-bond donors (Lipinski definition) is 1. The number of aryl methyl sites for hydroxylation is 1. The van der Waals surface area contributed by atoms with E-state index in [9.17, 15) is 4.79 Å². The van der Waals surface area contributed by atoms with Gasteiger partial charge < -0.3 is 15.1 Å². The summed E-state index contributed by atoms with van der Waals surface area (Å²) >= 11 is 0. The highest BCUT2D eigenvalue weighted by atomic mass is 35.5. The standard InChI is InChI=1S/C21H25N3O.2ClH/c1-16-6-2-5-9-20(16)23-10-12-24(13-11-23)21(25)19-14-17-7-3-4-8-18(17)15-22-19;;/h2-9,19,22H,10-15H2,1H3;2*1H. The Hall–Kier alpha value is -1.75. The molecule has 1 atom stereocenters. The van der Waals surface area contributed by atoms with E-state index in [0.717, 1.165) is 39.1 Å². The van der Waals surface area contributed by atoms with E-state index in [4.69, 9.17) is 0 Å². The van der Waals surface area contributed by atoms with Gasteiger partial charge in [0, 0.05) is 38.4 Å². The van der Waals surface area contributed by atoms with Crippen LogP contribution in [-0.2, 0) is 17.8 Å². The second-order valence-corrected chi connectivity index (χ2v) is 7.01. The van der Waals surface area contributed by atoms with E-state index in [0.29, 0.717) is 0 Å². The number of piperazine rings is 1. The number of nitrogens with zero attached hydrogens (tertiary/aromatic N) is 2. The van der Waals surface area contributed by atoms with Crippen molar-refractivity contribution in [2.45, 2.75) is 25.9 Å². The van der Waals surface area contributed by atoms with Gasteiger partial charge in [-0.2, -0.15) is 0 Å². The van der Waals surface area contributed by atoms with Crippen LogP contribution in [0, 0.1) is 6.92 Å². The second-order valence-electron chi connectivity index (χ2n) is 7.01. The van der Waals surface area contributed by atoms with Gasteiger partial charge in [-0.3, -0.25) is 4.79 Å². The SMILES string of the molecule is Cc1ccccc1N1CCN(C(=O)C2Cc3ccccc3CN2)CC1.Cl.Cl. The Balaban J connectivity index is 0.00000131. The summed E-state index contributed by atoms with van der Waals surface area (Å²) in [6.45, 7) is 6.34. The molecular formula is C21H27Cl2N3O. The van der Waals surface area contributed by atoms with Crippen molar-refractivity contribution in [2.75, 3.05) is 31.1 Å². The Bertz CT molecular complexity index is 776. The van der Waals surface area contributed by atoms with Gasteiger partial charge in [-0.25, -0.2) is 0 Å². The molecule has 27 heavy (non-hydrogen) atoms. The normalized spacial score (nSPS) is 18.8. The van der Waals surface area contributed by atoms with E-state index in [1.165, 1.54) is 22.4 Å². The molecule has 2 aromatic carbocycles. The second kappa shape index (κ2) is 9.45. The van der Waals surface area contributed by atoms with Crippen LogP contribution in [0.5, 0.6) is 0 Å². The molecule has 6 heteroatoms. The number of rotatable bonds is 2. The fourth-order valence-electron chi connectivity index (χ4n) is 3.94. The van der Waals surface area contributed by atoms with Crippen molar-refractivity contribution in [3.63, 3.8) is 0 Å². The van der Waals surface area contributed by atoms with Crippen LogP contribution in [0.3, 0.4) is 0 Å². The largest absolute Gasteiger partial charge is 0.368 e. The van der Waals surface area contributed by atoms with E-state index in [2.05, 4.69) is 65.7 Å². The maximum Gasteiger partial charge on any atom is 0.240 e. The predicted molar refractivity (Wildman–Crippen MR) is 115 cm³/mol. The smallest absolute Gasteiger partial charge is 0.240 e. The van der Waals surface area contributed by atoms with Crippen LogP contribution in [-0.4, -0.2) is 43.0 Å². The van der Waals surface area contributed by atoms with Gasteiger partial charge in [0.05, 0.1) is 6.04 Å². The van der Waals surface area contributed by atoms with Crippen molar-refractivity contribution in [1.82, 2.24) is 10.2 Å². The molecule has 146 valence electrons. The monoisotopic (exact) mass is 407 g/mol. The Morgan fingerprint density at radius 2 is 1.56 bits per heavy atom. The van der Waals surface area contributed by atoms with Gasteiger partial charge in [-0.15, -0.1) is 24.8 Å². The number of para-hydroxylation sites is 1. The van der Waals surface area contributed by atoms with Crippen LogP contribution in [0.4, 0.5) is 5.69 Å². The lowest BCUT2D eigenvalue weighted by Crippen LogP contribution is -2.55. The highest BCUT2D eigenvalue weighted by Crippen LogP contribution is 2.22. The molecule has 4 nitrogen and oxygen atoms in total. The molecule has 0 bridgehead atoms. The fourth-order valence-corrected chi connectivity index (χ4v) is 3.94. The molecule has 1 unspecified atom stereocenters. The lowest BCUT2D eigenvalue weighted by atomic mass is 9.95. The van der Waals surface area contributed by atoms with Gasteiger partial charge in [-0.1, -0.05) is 42.5 Å². The fraction of sp³-hybridized carbons (Fsp3) is 0.381. The van der Waals surface area contributed by atoms with Gasteiger partial charge in [0.1, 0.15) is 0 Å². The first-order chi connectivity index (χ1) is 12.2. The summed E-state index contributed by atoms with van der Waals surface area (Å²) in [6.07, 6.45) is 0.799. The van der Waals surface area contributed by atoms with Crippen molar-refractivity contribution in [3.8, 4) is 0 Å². The highest BCUT2D eigenvalue weighted by Gasteiger charge is 2.30. The Morgan fingerprint density at radius 1 is 0.926 bits per heavy atom. The number of halogens is 2. The van der Waals surface area contributed by atoms with Crippen LogP contribution in [0.2, 0.25) is 0 Å². The molecule has 2 heterocycles. The molecule has 2 aromatic rings. The molecule has 2 aliphatic rings. The zero-order valence-electron chi connectivity index (χ0n) is 15.6. The van der Waals surface area contributed by atoms with Crippen LogP contribution < -0.4 is 10.2 Å². The van der Waals surface area contributed by atoms with Crippen molar-refractivity contribution in [1.29, 1.82) is 0 Å². The number of nitrogens with one attached hydrogen (secondary N) is 1. The van der Waals surface area contributed by atoms with Crippen molar-refractivity contribution < 1.29 is 4.79 Å². The molecule has 0 saturated carbocycles. The third-order valence-corrected chi connectivity index (χ3v) is 5.43. The summed E-state index contributed by atoms with van der Waals surface area (Å²) in [4.78, 5) is 17.3. The topological polar surface area (TPSA) is 35.6 Å². The summed E-state index contributed by atoms with van der Waals surface area (Å²) in [5.74, 6) is 0.249. The van der Waals surface area contributed by atoms with Crippen LogP contribution >= 0.6 is 24.8 Å². The first-order valence-corrected chi connectivity index (χ1v) is 9.12.